The maximum atomic E-state index is 12.7. The van der Waals surface area contributed by atoms with Crippen LogP contribution in [0.4, 0.5) is 0 Å². The number of ether oxygens (including phenoxy) is 3. The molecule has 0 fully saturated rings. The summed E-state index contributed by atoms with van der Waals surface area (Å²) < 4.78 is 17.7. The lowest BCUT2D eigenvalue weighted by molar-refractivity contribution is -0.147. The summed E-state index contributed by atoms with van der Waals surface area (Å²) in [5.41, 5.74) is 3.35. The number of carbonyl (C=O) groups excluding carboxylic acids is 1. The van der Waals surface area contributed by atoms with Crippen molar-refractivity contribution in [3.63, 3.8) is 0 Å². The second-order valence-corrected chi connectivity index (χ2v) is 10.7. The van der Waals surface area contributed by atoms with Gasteiger partial charge < -0.3 is 19.3 Å². The summed E-state index contributed by atoms with van der Waals surface area (Å²) in [5.74, 6) is -0.0277. The molecule has 1 N–H and O–H groups in total. The monoisotopic (exact) mass is 523 g/mol. The van der Waals surface area contributed by atoms with Gasteiger partial charge in [0.2, 0.25) is 0 Å². The zero-order valence-corrected chi connectivity index (χ0v) is 23.3. The maximum Gasteiger partial charge on any atom is 0.330 e. The van der Waals surface area contributed by atoms with Crippen molar-refractivity contribution >= 4 is 11.7 Å². The minimum Gasteiger partial charge on any atom is -0.456 e. The van der Waals surface area contributed by atoms with Crippen LogP contribution in [0.3, 0.4) is 0 Å². The van der Waals surface area contributed by atoms with Gasteiger partial charge in [0, 0.05) is 31.2 Å². The first-order valence-electron chi connectivity index (χ1n) is 14.0. The highest BCUT2D eigenvalue weighted by Crippen LogP contribution is 2.25. The average molecular weight is 524 g/mol. The van der Waals surface area contributed by atoms with Gasteiger partial charge in [0.1, 0.15) is 12.2 Å². The Balaban J connectivity index is 1.76. The first-order valence-corrected chi connectivity index (χ1v) is 14.0. The van der Waals surface area contributed by atoms with E-state index in [4.69, 9.17) is 14.2 Å². The summed E-state index contributed by atoms with van der Waals surface area (Å²) in [6.45, 7) is 11.9. The Hall–Kier alpha value is -2.54. The number of nitrogens with zero attached hydrogens (tertiary/aromatic N) is 1. The summed E-state index contributed by atoms with van der Waals surface area (Å²) in [6.07, 6.45) is 20.5. The lowest BCUT2D eigenvalue weighted by Gasteiger charge is -2.28. The molecule has 0 saturated heterocycles. The van der Waals surface area contributed by atoms with Crippen LogP contribution in [-0.2, 0) is 19.0 Å². The number of allylic oxidation sites excluding steroid dienone is 2. The maximum absolute atomic E-state index is 12.7. The zero-order valence-electron chi connectivity index (χ0n) is 23.3. The summed E-state index contributed by atoms with van der Waals surface area (Å²) >= 11 is 0. The van der Waals surface area contributed by atoms with Crippen molar-refractivity contribution in [1.29, 1.82) is 0 Å². The summed E-state index contributed by atoms with van der Waals surface area (Å²) in [4.78, 5) is 17.3. The SMILES string of the molecule is C=C1CC(=NCC)/C=C/C[C@@H]([C@@H](O)/C=C/[C@@H]2CC(C)=CCO2)OC(=O)/C=C\C[C@@H]2C=CC[C@@H](C[C@@H](C)C1)O2. The minimum atomic E-state index is -0.967. The van der Waals surface area contributed by atoms with E-state index in [2.05, 4.69) is 43.6 Å². The van der Waals surface area contributed by atoms with Gasteiger partial charge in [0.25, 0.3) is 0 Å². The predicted molar refractivity (Wildman–Crippen MR) is 153 cm³/mol. The van der Waals surface area contributed by atoms with Crippen LogP contribution in [0.2, 0.25) is 0 Å². The van der Waals surface area contributed by atoms with Crippen molar-refractivity contribution in [3.8, 4) is 0 Å². The smallest absolute Gasteiger partial charge is 0.330 e. The zero-order chi connectivity index (χ0) is 27.3. The van der Waals surface area contributed by atoms with Crippen molar-refractivity contribution in [2.24, 2.45) is 10.9 Å². The Kier molecular flexibility index (Phi) is 12.5. The Labute approximate surface area is 228 Å². The number of aliphatic imine (C=N–C) groups is 1. The van der Waals surface area contributed by atoms with Gasteiger partial charge >= 0.3 is 5.97 Å². The van der Waals surface area contributed by atoms with Crippen molar-refractivity contribution in [2.45, 2.75) is 96.2 Å². The highest BCUT2D eigenvalue weighted by Gasteiger charge is 2.23. The van der Waals surface area contributed by atoms with Gasteiger partial charge in [0.15, 0.2) is 0 Å². The lowest BCUT2D eigenvalue weighted by Crippen LogP contribution is -2.30. The molecule has 0 unspecified atom stereocenters. The molecular formula is C32H45NO5. The van der Waals surface area contributed by atoms with Crippen LogP contribution in [0.1, 0.15) is 65.7 Å². The molecule has 38 heavy (non-hydrogen) atoms. The highest BCUT2D eigenvalue weighted by molar-refractivity contribution is 5.96. The minimum absolute atomic E-state index is 0.0596. The molecule has 208 valence electrons. The van der Waals surface area contributed by atoms with Crippen LogP contribution < -0.4 is 0 Å². The van der Waals surface area contributed by atoms with Gasteiger partial charge in [0.05, 0.1) is 24.9 Å². The molecule has 3 aliphatic rings. The molecule has 0 saturated carbocycles. The van der Waals surface area contributed by atoms with Crippen LogP contribution >= 0.6 is 0 Å². The van der Waals surface area contributed by atoms with Gasteiger partial charge in [-0.2, -0.15) is 0 Å². The molecular weight excluding hydrogens is 478 g/mol. The van der Waals surface area contributed by atoms with Gasteiger partial charge in [-0.15, -0.1) is 0 Å². The number of rotatable bonds is 4. The summed E-state index contributed by atoms with van der Waals surface area (Å²) in [5, 5.41) is 10.9. The van der Waals surface area contributed by atoms with E-state index in [9.17, 15) is 9.90 Å². The van der Waals surface area contributed by atoms with Gasteiger partial charge in [-0.1, -0.05) is 67.2 Å². The van der Waals surface area contributed by atoms with E-state index >= 15 is 0 Å². The number of carbonyl (C=O) groups is 1. The van der Waals surface area contributed by atoms with E-state index in [0.29, 0.717) is 38.3 Å². The molecule has 6 heteroatoms. The number of cyclic esters (lactones) is 1. The van der Waals surface area contributed by atoms with E-state index in [1.165, 1.54) is 11.6 Å². The second kappa shape index (κ2) is 15.8. The third-order valence-electron chi connectivity index (χ3n) is 6.95. The fourth-order valence-corrected chi connectivity index (χ4v) is 5.08. The number of esters is 1. The first kappa shape index (κ1) is 30.0. The summed E-state index contributed by atoms with van der Waals surface area (Å²) in [7, 11) is 0. The standard InChI is InChI=1S/C32H45NO5/c1-5-33-26-9-6-13-31(30(34)16-15-28-21-23(2)17-18-36-28)38-32(35)14-8-11-27-10-7-12-29(37-27)22-25(4)19-24(3)20-26/h6-10,14-17,25,27-31,34H,3,5,11-13,18-22H2,1-2,4H3/b9-6+,14-8-,16-15+,33-26?/t25-,27-,28+,29-,30-,31-/m0/s1. The second-order valence-electron chi connectivity index (χ2n) is 10.7. The number of fused-ring (bicyclic) bond motifs is 2. The van der Waals surface area contributed by atoms with Crippen LogP contribution in [0.5, 0.6) is 0 Å². The van der Waals surface area contributed by atoms with Crippen molar-refractivity contribution in [1.82, 2.24) is 0 Å². The Morgan fingerprint density at radius 1 is 1.18 bits per heavy atom. The molecule has 6 atom stereocenters. The molecule has 0 amide bonds. The topological polar surface area (TPSA) is 77.4 Å². The highest BCUT2D eigenvalue weighted by atomic mass is 16.6. The van der Waals surface area contributed by atoms with Crippen molar-refractivity contribution in [2.75, 3.05) is 13.2 Å². The van der Waals surface area contributed by atoms with E-state index in [1.807, 2.05) is 25.2 Å². The van der Waals surface area contributed by atoms with E-state index < -0.39 is 18.2 Å². The van der Waals surface area contributed by atoms with Crippen LogP contribution in [-0.4, -0.2) is 60.5 Å². The van der Waals surface area contributed by atoms with E-state index in [-0.39, 0.29) is 18.3 Å². The average Bonchev–Trinajstić information content (AvgIpc) is 2.86. The first-order chi connectivity index (χ1) is 18.3. The fraction of sp³-hybridized carbons (Fsp3) is 0.562. The molecule has 3 heterocycles. The molecule has 0 aliphatic carbocycles. The molecule has 2 bridgehead atoms. The van der Waals surface area contributed by atoms with Crippen LogP contribution in [0.25, 0.3) is 0 Å². The molecule has 0 radical (unpaired) electrons. The largest absolute Gasteiger partial charge is 0.456 e. The molecule has 3 rings (SSSR count). The molecule has 0 spiro atoms. The van der Waals surface area contributed by atoms with Crippen molar-refractivity contribution < 1.29 is 24.1 Å². The molecule has 3 aliphatic heterocycles. The molecule has 0 aromatic carbocycles. The van der Waals surface area contributed by atoms with E-state index in [0.717, 1.165) is 37.0 Å². The third kappa shape index (κ3) is 10.7. The van der Waals surface area contributed by atoms with Crippen LogP contribution in [0, 0.1) is 5.92 Å². The number of hydrogen-bond acceptors (Lipinski definition) is 6. The van der Waals surface area contributed by atoms with Gasteiger partial charge in [-0.3, -0.25) is 4.99 Å². The quantitative estimate of drug-likeness (QED) is 0.362. The predicted octanol–water partition coefficient (Wildman–Crippen LogP) is 5.99. The fourth-order valence-electron chi connectivity index (χ4n) is 5.08. The lowest BCUT2D eigenvalue weighted by atomic mass is 9.91. The normalized spacial score (nSPS) is 33.7. The summed E-state index contributed by atoms with van der Waals surface area (Å²) in [6, 6.07) is 0. The number of hydrogen-bond donors (Lipinski definition) is 1. The Bertz CT molecular complexity index is 972. The molecule has 0 aromatic heterocycles. The van der Waals surface area contributed by atoms with Gasteiger partial charge in [-0.25, -0.2) is 4.79 Å². The third-order valence-corrected chi connectivity index (χ3v) is 6.95. The molecule has 6 nitrogen and oxygen atoms in total. The van der Waals surface area contributed by atoms with E-state index in [1.54, 1.807) is 12.2 Å². The number of aliphatic hydroxyl groups excluding tert-OH is 1. The van der Waals surface area contributed by atoms with Crippen LogP contribution in [0.15, 0.2) is 77.4 Å². The Morgan fingerprint density at radius 3 is 2.79 bits per heavy atom. The van der Waals surface area contributed by atoms with Gasteiger partial charge in [-0.05, 0) is 57.9 Å². The van der Waals surface area contributed by atoms with Crippen molar-refractivity contribution in [3.05, 3.63) is 72.4 Å². The number of aliphatic hydroxyl groups is 1. The molecule has 0 aromatic rings. The Morgan fingerprint density at radius 2 is 2.00 bits per heavy atom.